The zero-order valence-corrected chi connectivity index (χ0v) is 20.3. The number of hydrogen-bond donors (Lipinski definition) is 1. The van der Waals surface area contributed by atoms with Crippen LogP contribution >= 0.6 is 11.6 Å². The minimum atomic E-state index is -0.508. The van der Waals surface area contributed by atoms with E-state index in [1.807, 2.05) is 4.90 Å². The SMILES string of the molecule is COc1cccc(F)c1-c1nc(C2=CCN(C)CC2C)c2c(c1Cl)OC[C@H]1CNCCN1C2=O. The zero-order valence-electron chi connectivity index (χ0n) is 19.5. The van der Waals surface area contributed by atoms with Gasteiger partial charge in [0.15, 0.2) is 5.75 Å². The smallest absolute Gasteiger partial charge is 0.260 e. The molecule has 3 aliphatic rings. The molecule has 1 aromatic heterocycles. The first-order valence-electron chi connectivity index (χ1n) is 11.5. The molecule has 4 heterocycles. The molecule has 1 saturated heterocycles. The van der Waals surface area contributed by atoms with Crippen molar-refractivity contribution in [2.75, 3.05) is 53.5 Å². The lowest BCUT2D eigenvalue weighted by Crippen LogP contribution is -2.55. The Hall–Kier alpha value is -2.68. The van der Waals surface area contributed by atoms with Crippen molar-refractivity contribution < 1.29 is 18.7 Å². The number of methoxy groups -OCH3 is 1. The van der Waals surface area contributed by atoms with E-state index in [9.17, 15) is 4.79 Å². The van der Waals surface area contributed by atoms with Crippen molar-refractivity contribution in [1.82, 2.24) is 20.1 Å². The third kappa shape index (κ3) is 3.83. The van der Waals surface area contributed by atoms with E-state index < -0.39 is 5.82 Å². The summed E-state index contributed by atoms with van der Waals surface area (Å²) in [6, 6.07) is 4.46. The Morgan fingerprint density at radius 2 is 2.12 bits per heavy atom. The molecule has 3 aliphatic heterocycles. The van der Waals surface area contributed by atoms with Gasteiger partial charge >= 0.3 is 0 Å². The fourth-order valence-corrected chi connectivity index (χ4v) is 5.37. The maximum absolute atomic E-state index is 15.1. The number of carbonyl (C=O) groups is 1. The van der Waals surface area contributed by atoms with E-state index in [1.165, 1.54) is 13.2 Å². The van der Waals surface area contributed by atoms with Crippen LogP contribution < -0.4 is 14.8 Å². The molecule has 1 unspecified atom stereocenters. The van der Waals surface area contributed by atoms with Crippen LogP contribution in [0.15, 0.2) is 24.3 Å². The van der Waals surface area contributed by atoms with Crippen LogP contribution in [0.2, 0.25) is 5.02 Å². The maximum atomic E-state index is 15.1. The van der Waals surface area contributed by atoms with E-state index in [1.54, 1.807) is 12.1 Å². The van der Waals surface area contributed by atoms with Gasteiger partial charge in [-0.2, -0.15) is 0 Å². The molecule has 2 aromatic rings. The number of rotatable bonds is 3. The van der Waals surface area contributed by atoms with Gasteiger partial charge in [0.05, 0.1) is 24.4 Å². The van der Waals surface area contributed by atoms with Crippen molar-refractivity contribution in [3.63, 3.8) is 0 Å². The largest absolute Gasteiger partial charge is 0.496 e. The maximum Gasteiger partial charge on any atom is 0.260 e. The van der Waals surface area contributed by atoms with Crippen LogP contribution in [0, 0.1) is 11.7 Å². The highest BCUT2D eigenvalue weighted by atomic mass is 35.5. The van der Waals surface area contributed by atoms with Gasteiger partial charge in [-0.1, -0.05) is 30.7 Å². The minimum Gasteiger partial charge on any atom is -0.496 e. The third-order valence-electron chi connectivity index (χ3n) is 6.78. The number of ether oxygens (including phenoxy) is 2. The Morgan fingerprint density at radius 1 is 1.29 bits per heavy atom. The molecule has 5 rings (SSSR count). The average molecular weight is 487 g/mol. The molecule has 9 heteroatoms. The molecule has 34 heavy (non-hydrogen) atoms. The highest BCUT2D eigenvalue weighted by molar-refractivity contribution is 6.35. The van der Waals surface area contributed by atoms with E-state index in [-0.39, 0.29) is 39.9 Å². The van der Waals surface area contributed by atoms with E-state index in [4.69, 9.17) is 26.1 Å². The van der Waals surface area contributed by atoms with Crippen LogP contribution in [-0.2, 0) is 0 Å². The van der Waals surface area contributed by atoms with Gasteiger partial charge < -0.3 is 24.6 Å². The van der Waals surface area contributed by atoms with E-state index in [2.05, 4.69) is 30.3 Å². The quantitative estimate of drug-likeness (QED) is 0.718. The number of nitrogens with one attached hydrogen (secondary N) is 1. The third-order valence-corrected chi connectivity index (χ3v) is 7.14. The summed E-state index contributed by atoms with van der Waals surface area (Å²) in [6.07, 6.45) is 2.08. The van der Waals surface area contributed by atoms with Gasteiger partial charge in [0.2, 0.25) is 0 Å². The molecule has 2 atom stereocenters. The number of piperazine rings is 1. The molecule has 7 nitrogen and oxygen atoms in total. The summed E-state index contributed by atoms with van der Waals surface area (Å²) in [4.78, 5) is 22.8. The molecule has 0 spiro atoms. The Kier molecular flexibility index (Phi) is 6.22. The van der Waals surface area contributed by atoms with Crippen LogP contribution in [0.1, 0.15) is 23.0 Å². The molecule has 0 saturated carbocycles. The predicted octanol–water partition coefficient (Wildman–Crippen LogP) is 3.32. The van der Waals surface area contributed by atoms with Crippen molar-refractivity contribution in [2.24, 2.45) is 5.92 Å². The molecule has 0 aliphatic carbocycles. The highest BCUT2D eigenvalue weighted by Gasteiger charge is 2.39. The number of fused-ring (bicyclic) bond motifs is 2. The lowest BCUT2D eigenvalue weighted by molar-refractivity contribution is 0.0606. The molecule has 1 aromatic carbocycles. The lowest BCUT2D eigenvalue weighted by Gasteiger charge is -2.34. The topological polar surface area (TPSA) is 66.9 Å². The van der Waals surface area contributed by atoms with Crippen molar-refractivity contribution in [1.29, 1.82) is 0 Å². The molecule has 1 amide bonds. The molecular formula is C25H28ClFN4O3. The Labute approximate surface area is 203 Å². The first kappa shape index (κ1) is 23.1. The van der Waals surface area contributed by atoms with Gasteiger partial charge in [-0.3, -0.25) is 4.79 Å². The molecule has 1 fully saturated rings. The first-order chi connectivity index (χ1) is 16.4. The monoisotopic (exact) mass is 486 g/mol. The van der Waals surface area contributed by atoms with Crippen molar-refractivity contribution >= 4 is 23.1 Å². The summed E-state index contributed by atoms with van der Waals surface area (Å²) in [7, 11) is 3.53. The molecule has 0 bridgehead atoms. The first-order valence-corrected chi connectivity index (χ1v) is 11.9. The average Bonchev–Trinajstić information content (AvgIpc) is 2.97. The second-order valence-electron chi connectivity index (χ2n) is 9.09. The second kappa shape index (κ2) is 9.17. The minimum absolute atomic E-state index is 0.113. The number of aromatic nitrogens is 1. The summed E-state index contributed by atoms with van der Waals surface area (Å²) >= 11 is 6.84. The van der Waals surface area contributed by atoms with Gasteiger partial charge in [-0.25, -0.2) is 9.37 Å². The number of likely N-dealkylation sites (N-methyl/N-ethyl adjacent to an activating group) is 1. The Balaban J connectivity index is 1.78. The van der Waals surface area contributed by atoms with Crippen molar-refractivity contribution in [3.8, 4) is 22.8 Å². The van der Waals surface area contributed by atoms with Crippen LogP contribution in [0.3, 0.4) is 0 Å². The van der Waals surface area contributed by atoms with Crippen LogP contribution in [0.25, 0.3) is 16.8 Å². The summed E-state index contributed by atoms with van der Waals surface area (Å²) in [6.45, 7) is 5.85. The number of pyridine rings is 1. The van der Waals surface area contributed by atoms with E-state index in [0.717, 1.165) is 18.7 Å². The van der Waals surface area contributed by atoms with E-state index >= 15 is 4.39 Å². The standard InChI is InChI=1S/C25H28ClFN4O3/c1-14-12-30(2)9-7-16(14)22-20-24(34-13-15-11-28-8-10-31(15)25(20)32)21(26)23(29-22)19-17(27)5-4-6-18(19)33-3/h4-7,14-15,28H,8-13H2,1-3H3/t14?,15-/m1/s1. The van der Waals surface area contributed by atoms with Crippen molar-refractivity contribution in [2.45, 2.75) is 13.0 Å². The summed E-state index contributed by atoms with van der Waals surface area (Å²) in [5.41, 5.74) is 2.16. The molecular weight excluding hydrogens is 459 g/mol. The second-order valence-corrected chi connectivity index (χ2v) is 9.47. The van der Waals surface area contributed by atoms with Crippen molar-refractivity contribution in [3.05, 3.63) is 46.4 Å². The molecule has 180 valence electrons. The zero-order chi connectivity index (χ0) is 24.0. The van der Waals surface area contributed by atoms with Gasteiger partial charge in [-0.05, 0) is 30.7 Å². The summed E-state index contributed by atoms with van der Waals surface area (Å²) in [5.74, 6) is 0.0292. The van der Waals surface area contributed by atoms with Gasteiger partial charge in [0, 0.05) is 32.7 Å². The lowest BCUT2D eigenvalue weighted by atomic mass is 9.90. The Morgan fingerprint density at radius 3 is 2.88 bits per heavy atom. The van der Waals surface area contributed by atoms with E-state index in [0.29, 0.717) is 43.2 Å². The normalized spacial score (nSPS) is 22.9. The number of benzene rings is 1. The Bertz CT molecular complexity index is 1170. The number of nitrogens with zero attached hydrogens (tertiary/aromatic N) is 3. The fraction of sp³-hybridized carbons (Fsp3) is 0.440. The number of hydrogen-bond acceptors (Lipinski definition) is 6. The highest BCUT2D eigenvalue weighted by Crippen LogP contribution is 2.46. The van der Waals surface area contributed by atoms with Crippen LogP contribution in [0.5, 0.6) is 11.5 Å². The molecule has 0 radical (unpaired) electrons. The van der Waals surface area contributed by atoms with Crippen LogP contribution in [-0.4, -0.2) is 80.2 Å². The number of amides is 1. The fourth-order valence-electron chi connectivity index (χ4n) is 5.08. The van der Waals surface area contributed by atoms with Gasteiger partial charge in [-0.15, -0.1) is 0 Å². The van der Waals surface area contributed by atoms with Gasteiger partial charge in [0.25, 0.3) is 5.91 Å². The van der Waals surface area contributed by atoms with Gasteiger partial charge in [0.1, 0.15) is 34.5 Å². The molecule has 1 N–H and O–H groups in total. The summed E-state index contributed by atoms with van der Waals surface area (Å²) < 4.78 is 26.8. The van der Waals surface area contributed by atoms with Crippen LogP contribution in [0.4, 0.5) is 4.39 Å². The number of halogens is 2. The predicted molar refractivity (Wildman–Crippen MR) is 129 cm³/mol. The number of carbonyl (C=O) groups excluding carboxylic acids is 1. The summed E-state index contributed by atoms with van der Waals surface area (Å²) in [5, 5.41) is 3.43.